The van der Waals surface area contributed by atoms with Crippen LogP contribution in [0.3, 0.4) is 0 Å². The van der Waals surface area contributed by atoms with Crippen LogP contribution in [0.25, 0.3) is 0 Å². The molecule has 0 aliphatic heterocycles. The minimum atomic E-state index is -0.143. The highest BCUT2D eigenvalue weighted by Gasteiger charge is 2.14. The molecule has 0 aliphatic carbocycles. The molecule has 0 saturated heterocycles. The molecule has 0 fully saturated rings. The largest absolute Gasteiger partial charge is 0.465 e. The number of ether oxygens (including phenoxy) is 2. The average Bonchev–Trinajstić information content (AvgIpc) is 2.56. The van der Waals surface area contributed by atoms with Crippen molar-refractivity contribution in [3.63, 3.8) is 0 Å². The minimum Gasteiger partial charge on any atom is -0.465 e. The Morgan fingerprint density at radius 1 is 0.739 bits per heavy atom. The maximum Gasteiger partial charge on any atom is 0.310 e. The predicted molar refractivity (Wildman–Crippen MR) is 97.7 cm³/mol. The summed E-state index contributed by atoms with van der Waals surface area (Å²) >= 11 is 0. The number of hydrogen-bond donors (Lipinski definition) is 0. The molecule has 0 amide bonds. The first-order chi connectivity index (χ1) is 11.2. The van der Waals surface area contributed by atoms with Crippen molar-refractivity contribution in [3.8, 4) is 0 Å². The van der Waals surface area contributed by atoms with Gasteiger partial charge < -0.3 is 9.47 Å². The molecule has 3 heteroatoms. The summed E-state index contributed by atoms with van der Waals surface area (Å²) in [4.78, 5) is 11.8. The highest BCUT2D eigenvalue weighted by molar-refractivity contribution is 5.72. The summed E-state index contributed by atoms with van der Waals surface area (Å²) in [5.74, 6) is -0.253. The van der Waals surface area contributed by atoms with Gasteiger partial charge in [-0.1, -0.05) is 78.1 Å². The van der Waals surface area contributed by atoms with Gasteiger partial charge in [-0.25, -0.2) is 0 Å². The van der Waals surface area contributed by atoms with Crippen molar-refractivity contribution in [1.82, 2.24) is 0 Å². The molecule has 138 valence electrons. The Labute approximate surface area is 144 Å². The molecular formula is C20H40O3. The second-order valence-electron chi connectivity index (χ2n) is 6.68. The zero-order valence-corrected chi connectivity index (χ0v) is 15.9. The van der Waals surface area contributed by atoms with E-state index in [2.05, 4.69) is 13.8 Å². The van der Waals surface area contributed by atoms with Crippen LogP contribution < -0.4 is 0 Å². The standard InChI is InChI=1S/C20H40O3/c1-4-6-8-10-12-14-16-22-18-19(3)20(21)23-17-15-13-11-9-7-5-2/h19H,4-18H2,1-3H3. The van der Waals surface area contributed by atoms with Gasteiger partial charge in [0.05, 0.1) is 19.1 Å². The fraction of sp³-hybridized carbons (Fsp3) is 0.950. The number of esters is 1. The molecule has 1 atom stereocenters. The summed E-state index contributed by atoms with van der Waals surface area (Å²) in [6, 6.07) is 0. The third-order valence-corrected chi connectivity index (χ3v) is 4.15. The Bertz CT molecular complexity index is 253. The number of hydrogen-bond acceptors (Lipinski definition) is 3. The molecule has 0 spiro atoms. The van der Waals surface area contributed by atoms with Crippen LogP contribution in [0.4, 0.5) is 0 Å². The molecule has 3 nitrogen and oxygen atoms in total. The van der Waals surface area contributed by atoms with Gasteiger partial charge in [-0.3, -0.25) is 4.79 Å². The van der Waals surface area contributed by atoms with E-state index < -0.39 is 0 Å². The van der Waals surface area contributed by atoms with Gasteiger partial charge in [-0.2, -0.15) is 0 Å². The van der Waals surface area contributed by atoms with E-state index in [0.29, 0.717) is 13.2 Å². The lowest BCUT2D eigenvalue weighted by Crippen LogP contribution is -2.20. The van der Waals surface area contributed by atoms with Gasteiger partial charge in [0.15, 0.2) is 0 Å². The Balaban J connectivity index is 3.35. The molecule has 0 aliphatic rings. The number of carbonyl (C=O) groups is 1. The van der Waals surface area contributed by atoms with Crippen molar-refractivity contribution in [2.45, 2.75) is 97.8 Å². The maximum absolute atomic E-state index is 11.8. The molecule has 0 rings (SSSR count). The quantitative estimate of drug-likeness (QED) is 0.246. The Morgan fingerprint density at radius 2 is 1.22 bits per heavy atom. The molecule has 0 heterocycles. The van der Waals surface area contributed by atoms with Gasteiger partial charge in [-0.05, 0) is 19.8 Å². The first-order valence-electron chi connectivity index (χ1n) is 9.96. The monoisotopic (exact) mass is 328 g/mol. The summed E-state index contributed by atoms with van der Waals surface area (Å²) in [6.07, 6.45) is 14.9. The van der Waals surface area contributed by atoms with Crippen molar-refractivity contribution < 1.29 is 14.3 Å². The van der Waals surface area contributed by atoms with Crippen LogP contribution in [0.1, 0.15) is 97.8 Å². The summed E-state index contributed by atoms with van der Waals surface area (Å²) in [7, 11) is 0. The van der Waals surface area contributed by atoms with E-state index in [1.54, 1.807) is 0 Å². The number of rotatable bonds is 17. The average molecular weight is 329 g/mol. The van der Waals surface area contributed by atoms with E-state index in [0.717, 1.165) is 25.9 Å². The van der Waals surface area contributed by atoms with Crippen LogP contribution in [0.5, 0.6) is 0 Å². The maximum atomic E-state index is 11.8. The van der Waals surface area contributed by atoms with E-state index in [4.69, 9.17) is 9.47 Å². The second-order valence-corrected chi connectivity index (χ2v) is 6.68. The van der Waals surface area contributed by atoms with Gasteiger partial charge in [0, 0.05) is 6.61 Å². The highest BCUT2D eigenvalue weighted by Crippen LogP contribution is 2.08. The molecule has 0 saturated carbocycles. The highest BCUT2D eigenvalue weighted by atomic mass is 16.5. The predicted octanol–water partition coefficient (Wildman–Crippen LogP) is 5.90. The topological polar surface area (TPSA) is 35.5 Å². The van der Waals surface area contributed by atoms with E-state index in [-0.39, 0.29) is 11.9 Å². The Hall–Kier alpha value is -0.570. The van der Waals surface area contributed by atoms with Crippen LogP contribution in [0, 0.1) is 5.92 Å². The van der Waals surface area contributed by atoms with Gasteiger partial charge >= 0.3 is 5.97 Å². The lowest BCUT2D eigenvalue weighted by atomic mass is 10.1. The van der Waals surface area contributed by atoms with E-state index in [1.807, 2.05) is 6.92 Å². The van der Waals surface area contributed by atoms with Crippen molar-refractivity contribution >= 4 is 5.97 Å². The van der Waals surface area contributed by atoms with Gasteiger partial charge in [0.1, 0.15) is 0 Å². The zero-order chi connectivity index (χ0) is 17.2. The SMILES string of the molecule is CCCCCCCCOCC(C)C(=O)OCCCCCCCC. The molecular weight excluding hydrogens is 288 g/mol. The summed E-state index contributed by atoms with van der Waals surface area (Å²) < 4.78 is 10.9. The third-order valence-electron chi connectivity index (χ3n) is 4.15. The zero-order valence-electron chi connectivity index (χ0n) is 15.9. The first-order valence-corrected chi connectivity index (χ1v) is 9.96. The molecule has 0 radical (unpaired) electrons. The van der Waals surface area contributed by atoms with Crippen LogP contribution in [-0.4, -0.2) is 25.8 Å². The number of carbonyl (C=O) groups excluding carboxylic acids is 1. The lowest BCUT2D eigenvalue weighted by Gasteiger charge is -2.12. The second kappa shape index (κ2) is 17.8. The van der Waals surface area contributed by atoms with E-state index in [9.17, 15) is 4.79 Å². The van der Waals surface area contributed by atoms with Gasteiger partial charge in [0.2, 0.25) is 0 Å². The summed E-state index contributed by atoms with van der Waals surface area (Å²) in [6.45, 7) is 8.16. The third kappa shape index (κ3) is 16.1. The fourth-order valence-electron chi connectivity index (χ4n) is 2.51. The summed E-state index contributed by atoms with van der Waals surface area (Å²) in [5.41, 5.74) is 0. The van der Waals surface area contributed by atoms with Crippen molar-refractivity contribution in [2.75, 3.05) is 19.8 Å². The van der Waals surface area contributed by atoms with Gasteiger partial charge in [-0.15, -0.1) is 0 Å². The molecule has 0 bridgehead atoms. The fourth-order valence-corrected chi connectivity index (χ4v) is 2.51. The minimum absolute atomic E-state index is 0.110. The molecule has 0 aromatic heterocycles. The Morgan fingerprint density at radius 3 is 1.78 bits per heavy atom. The van der Waals surface area contributed by atoms with Crippen LogP contribution in [0.15, 0.2) is 0 Å². The lowest BCUT2D eigenvalue weighted by molar-refractivity contribution is -0.150. The van der Waals surface area contributed by atoms with Crippen LogP contribution >= 0.6 is 0 Å². The Kier molecular flexibility index (Phi) is 17.3. The first kappa shape index (κ1) is 22.4. The summed E-state index contributed by atoms with van der Waals surface area (Å²) in [5, 5.41) is 0. The van der Waals surface area contributed by atoms with E-state index >= 15 is 0 Å². The smallest absolute Gasteiger partial charge is 0.310 e. The number of unbranched alkanes of at least 4 members (excludes halogenated alkanes) is 10. The molecule has 0 aromatic carbocycles. The molecule has 0 N–H and O–H groups in total. The van der Waals surface area contributed by atoms with Crippen LogP contribution in [0.2, 0.25) is 0 Å². The van der Waals surface area contributed by atoms with Crippen molar-refractivity contribution in [1.29, 1.82) is 0 Å². The van der Waals surface area contributed by atoms with Crippen molar-refractivity contribution in [2.24, 2.45) is 5.92 Å². The van der Waals surface area contributed by atoms with Crippen LogP contribution in [-0.2, 0) is 14.3 Å². The normalized spacial score (nSPS) is 12.3. The van der Waals surface area contributed by atoms with E-state index in [1.165, 1.54) is 57.8 Å². The molecule has 23 heavy (non-hydrogen) atoms. The molecule has 0 aromatic rings. The van der Waals surface area contributed by atoms with Crippen molar-refractivity contribution in [3.05, 3.63) is 0 Å². The molecule has 1 unspecified atom stereocenters. The van der Waals surface area contributed by atoms with Gasteiger partial charge in [0.25, 0.3) is 0 Å².